The van der Waals surface area contributed by atoms with E-state index in [4.69, 9.17) is 14.2 Å². The van der Waals surface area contributed by atoms with Crippen molar-refractivity contribution in [1.29, 1.82) is 0 Å². The first-order valence-electron chi connectivity index (χ1n) is 14.6. The largest absolute Gasteiger partial charge is 0.493 e. The summed E-state index contributed by atoms with van der Waals surface area (Å²) in [5.41, 5.74) is -1.25. The number of carbonyl (C=O) groups is 2. The zero-order valence-electron chi connectivity index (χ0n) is 25.0. The molecule has 0 saturated heterocycles. The summed E-state index contributed by atoms with van der Waals surface area (Å²) in [6.45, 7) is 14.1. The maximum Gasteiger partial charge on any atom is 0.343 e. The lowest BCUT2D eigenvalue weighted by atomic mass is 9.67. The van der Waals surface area contributed by atoms with Gasteiger partial charge in [0.2, 0.25) is 0 Å². The number of cyclic esters (lactones) is 1. The summed E-state index contributed by atoms with van der Waals surface area (Å²) in [4.78, 5) is 26.1. The molecule has 1 aromatic rings. The fourth-order valence-electron chi connectivity index (χ4n) is 5.84. The van der Waals surface area contributed by atoms with E-state index in [2.05, 4.69) is 6.92 Å². The Morgan fingerprint density at radius 1 is 0.921 bits per heavy atom. The molecule has 0 spiro atoms. The van der Waals surface area contributed by atoms with Crippen LogP contribution in [0.3, 0.4) is 0 Å². The van der Waals surface area contributed by atoms with Gasteiger partial charge >= 0.3 is 11.9 Å². The second-order valence-corrected chi connectivity index (χ2v) is 13.0. The Bertz CT molecular complexity index is 880. The van der Waals surface area contributed by atoms with E-state index >= 15 is 0 Å². The Kier molecular flexibility index (Phi) is 12.1. The molecule has 0 fully saturated rings. The molecule has 0 radical (unpaired) electrons. The molecule has 38 heavy (non-hydrogen) atoms. The molecule has 1 heterocycles. The standard InChI is InChI=1S/C32H52O6/c1-8-9-10-11-12-13-14-15-16-17-21-36-25-20-18-19-24-26(25)28(34)38-32(24,22-33)23-37-29(35)27(30(2,3)4)31(5,6)7/h18-20,27,33H,8-17,21-23H2,1-7H3/t32-/m1/s1. The second kappa shape index (κ2) is 14.3. The van der Waals surface area contributed by atoms with E-state index in [0.29, 0.717) is 23.5 Å². The van der Waals surface area contributed by atoms with Crippen LogP contribution in [0.4, 0.5) is 0 Å². The fourth-order valence-corrected chi connectivity index (χ4v) is 5.84. The predicted molar refractivity (Wildman–Crippen MR) is 151 cm³/mol. The summed E-state index contributed by atoms with van der Waals surface area (Å²) in [6.07, 6.45) is 12.4. The van der Waals surface area contributed by atoms with E-state index in [9.17, 15) is 14.7 Å². The van der Waals surface area contributed by atoms with Gasteiger partial charge in [-0.2, -0.15) is 0 Å². The van der Waals surface area contributed by atoms with E-state index < -0.39 is 18.2 Å². The lowest BCUT2D eigenvalue weighted by Gasteiger charge is -2.39. The highest BCUT2D eigenvalue weighted by molar-refractivity contribution is 5.97. The van der Waals surface area contributed by atoms with Crippen molar-refractivity contribution in [2.45, 2.75) is 118 Å². The van der Waals surface area contributed by atoms with Crippen molar-refractivity contribution in [1.82, 2.24) is 0 Å². The summed E-state index contributed by atoms with van der Waals surface area (Å²) in [5.74, 6) is -0.854. The summed E-state index contributed by atoms with van der Waals surface area (Å²) >= 11 is 0. The molecule has 6 nitrogen and oxygen atoms in total. The Morgan fingerprint density at radius 2 is 1.47 bits per heavy atom. The lowest BCUT2D eigenvalue weighted by Crippen LogP contribution is -2.43. The molecule has 0 amide bonds. The number of hydrogen-bond acceptors (Lipinski definition) is 6. The van der Waals surface area contributed by atoms with Gasteiger partial charge in [-0.1, -0.05) is 118 Å². The number of rotatable bonds is 16. The quantitative estimate of drug-likeness (QED) is 0.174. The fraction of sp³-hybridized carbons (Fsp3) is 0.750. The van der Waals surface area contributed by atoms with E-state index in [1.807, 2.05) is 41.5 Å². The third kappa shape index (κ3) is 8.72. The van der Waals surface area contributed by atoms with Gasteiger partial charge in [-0.15, -0.1) is 0 Å². The number of esters is 2. The van der Waals surface area contributed by atoms with Crippen molar-refractivity contribution in [3.63, 3.8) is 0 Å². The molecule has 216 valence electrons. The van der Waals surface area contributed by atoms with Crippen LogP contribution in [-0.4, -0.2) is 36.9 Å². The Balaban J connectivity index is 1.96. The zero-order valence-corrected chi connectivity index (χ0v) is 25.0. The molecular weight excluding hydrogens is 480 g/mol. The summed E-state index contributed by atoms with van der Waals surface area (Å²) in [6, 6.07) is 5.28. The van der Waals surface area contributed by atoms with Crippen LogP contribution < -0.4 is 4.74 Å². The smallest absolute Gasteiger partial charge is 0.343 e. The molecule has 0 aliphatic carbocycles. The molecule has 1 atom stereocenters. The maximum atomic E-state index is 13.2. The van der Waals surface area contributed by atoms with Crippen molar-refractivity contribution >= 4 is 11.9 Å². The van der Waals surface area contributed by atoms with E-state index in [0.717, 1.165) is 12.8 Å². The maximum absolute atomic E-state index is 13.2. The van der Waals surface area contributed by atoms with Gasteiger partial charge in [-0.3, -0.25) is 4.79 Å². The van der Waals surface area contributed by atoms with Gasteiger partial charge in [0.05, 0.1) is 19.1 Å². The number of aliphatic hydroxyl groups is 1. The Labute approximate surface area is 230 Å². The summed E-state index contributed by atoms with van der Waals surface area (Å²) in [5, 5.41) is 10.3. The number of aliphatic hydroxyl groups excluding tert-OH is 1. The molecule has 1 aliphatic heterocycles. The zero-order chi connectivity index (χ0) is 28.4. The average molecular weight is 533 g/mol. The highest BCUT2D eigenvalue weighted by Gasteiger charge is 2.49. The molecule has 1 aliphatic rings. The number of carbonyl (C=O) groups excluding carboxylic acids is 2. The van der Waals surface area contributed by atoms with Crippen molar-refractivity contribution < 1.29 is 28.9 Å². The van der Waals surface area contributed by atoms with Gasteiger partial charge in [0.15, 0.2) is 5.60 Å². The molecule has 0 aromatic heterocycles. The molecule has 1 N–H and O–H groups in total. The normalized spacial score (nSPS) is 17.4. The first-order valence-corrected chi connectivity index (χ1v) is 14.6. The molecule has 6 heteroatoms. The molecule has 1 aromatic carbocycles. The first-order chi connectivity index (χ1) is 17.9. The molecule has 0 saturated carbocycles. The Hall–Kier alpha value is -2.08. The third-order valence-electron chi connectivity index (χ3n) is 7.44. The van der Waals surface area contributed by atoms with Crippen molar-refractivity contribution in [2.24, 2.45) is 16.7 Å². The number of fused-ring (bicyclic) bond motifs is 1. The lowest BCUT2D eigenvalue weighted by molar-refractivity contribution is -0.168. The van der Waals surface area contributed by atoms with Gasteiger partial charge in [-0.25, -0.2) is 4.79 Å². The van der Waals surface area contributed by atoms with Crippen molar-refractivity contribution in [3.05, 3.63) is 29.3 Å². The van der Waals surface area contributed by atoms with Crippen molar-refractivity contribution in [3.8, 4) is 5.75 Å². The highest BCUT2D eigenvalue weighted by atomic mass is 16.6. The average Bonchev–Trinajstić information content (AvgIpc) is 3.12. The van der Waals surface area contributed by atoms with Crippen molar-refractivity contribution in [2.75, 3.05) is 19.8 Å². The van der Waals surface area contributed by atoms with Crippen LogP contribution in [-0.2, 0) is 19.9 Å². The summed E-state index contributed by atoms with van der Waals surface area (Å²) in [7, 11) is 0. The van der Waals surface area contributed by atoms with Crippen LogP contribution >= 0.6 is 0 Å². The van der Waals surface area contributed by atoms with Gasteiger partial charge in [0.1, 0.15) is 17.9 Å². The molecule has 0 bridgehead atoms. The number of unbranched alkanes of at least 4 members (excludes halogenated alkanes) is 9. The minimum absolute atomic E-state index is 0.244. The van der Waals surface area contributed by atoms with Gasteiger partial charge < -0.3 is 19.3 Å². The SMILES string of the molecule is CCCCCCCCCCCCOc1cccc2c1C(=O)O[C@]2(CO)COC(=O)C(C(C)(C)C)C(C)(C)C. The van der Waals surface area contributed by atoms with Crippen LogP contribution in [0, 0.1) is 16.7 Å². The molecular formula is C32H52O6. The van der Waals surface area contributed by atoms with Crippen LogP contribution in [0.15, 0.2) is 18.2 Å². The van der Waals surface area contributed by atoms with Crippen LogP contribution in [0.1, 0.15) is 129 Å². The molecule has 2 rings (SSSR count). The third-order valence-corrected chi connectivity index (χ3v) is 7.44. The van der Waals surface area contributed by atoms with E-state index in [1.54, 1.807) is 18.2 Å². The first kappa shape index (κ1) is 32.1. The number of ether oxygens (including phenoxy) is 3. The van der Waals surface area contributed by atoms with Crippen LogP contribution in [0.5, 0.6) is 5.75 Å². The van der Waals surface area contributed by atoms with Gasteiger partial charge in [-0.05, 0) is 23.3 Å². The van der Waals surface area contributed by atoms with Crippen LogP contribution in [0.2, 0.25) is 0 Å². The monoisotopic (exact) mass is 532 g/mol. The number of hydrogen-bond donors (Lipinski definition) is 1. The second-order valence-electron chi connectivity index (χ2n) is 13.0. The topological polar surface area (TPSA) is 82.1 Å². The molecule has 0 unspecified atom stereocenters. The van der Waals surface area contributed by atoms with Gasteiger partial charge in [0.25, 0.3) is 0 Å². The minimum atomic E-state index is -1.43. The summed E-state index contributed by atoms with van der Waals surface area (Å²) < 4.78 is 17.4. The van der Waals surface area contributed by atoms with Crippen LogP contribution in [0.25, 0.3) is 0 Å². The Morgan fingerprint density at radius 3 is 2.00 bits per heavy atom. The highest BCUT2D eigenvalue weighted by Crippen LogP contribution is 2.43. The predicted octanol–water partition coefficient (Wildman–Crippen LogP) is 7.60. The number of benzene rings is 1. The van der Waals surface area contributed by atoms with E-state index in [1.165, 1.54) is 51.4 Å². The van der Waals surface area contributed by atoms with E-state index in [-0.39, 0.29) is 29.3 Å². The minimum Gasteiger partial charge on any atom is -0.493 e. The van der Waals surface area contributed by atoms with Gasteiger partial charge in [0, 0.05) is 5.56 Å².